The first kappa shape index (κ1) is 11.5. The Labute approximate surface area is 89.1 Å². The minimum absolute atomic E-state index is 0.142. The molecule has 2 N–H and O–H groups in total. The highest BCUT2D eigenvalue weighted by Crippen LogP contribution is 2.30. The maximum Gasteiger partial charge on any atom is 0.127 e. The van der Waals surface area contributed by atoms with Gasteiger partial charge in [0.1, 0.15) is 5.82 Å². The van der Waals surface area contributed by atoms with Gasteiger partial charge in [0.2, 0.25) is 0 Å². The molecule has 1 aromatic rings. The van der Waals surface area contributed by atoms with E-state index in [4.69, 9.17) is 17.3 Å². The van der Waals surface area contributed by atoms with Crippen LogP contribution in [-0.2, 0) is 0 Å². The molecule has 1 nitrogen and oxygen atoms in total. The topological polar surface area (TPSA) is 26.0 Å². The fraction of sp³-hybridized carbons (Fsp3) is 0.455. The van der Waals surface area contributed by atoms with Crippen LogP contribution in [0.3, 0.4) is 0 Å². The fourth-order valence-corrected chi connectivity index (χ4v) is 1.92. The first-order valence-electron chi connectivity index (χ1n) is 4.64. The van der Waals surface area contributed by atoms with Crippen molar-refractivity contribution in [3.8, 4) is 0 Å². The van der Waals surface area contributed by atoms with Gasteiger partial charge in [-0.2, -0.15) is 0 Å². The predicted octanol–water partition coefficient (Wildman–Crippen LogP) is 3.16. The first-order chi connectivity index (χ1) is 6.49. The van der Waals surface area contributed by atoms with Crippen molar-refractivity contribution in [2.24, 2.45) is 5.73 Å². The average Bonchev–Trinajstić information content (AvgIpc) is 2.15. The van der Waals surface area contributed by atoms with Crippen molar-refractivity contribution in [3.05, 3.63) is 33.6 Å². The molecule has 0 bridgehead atoms. The Kier molecular flexibility index (Phi) is 3.51. The van der Waals surface area contributed by atoms with Crippen LogP contribution in [0.1, 0.15) is 29.5 Å². The van der Waals surface area contributed by atoms with Crippen molar-refractivity contribution >= 4 is 11.6 Å². The standard InChI is InChI=1S/C11H15ClFN/c1-6(5-14)11-7(2)9(12)4-10(13)8(11)3/h4,6H,5,14H2,1-3H3. The van der Waals surface area contributed by atoms with E-state index in [0.717, 1.165) is 11.1 Å². The Balaban J connectivity index is 3.39. The second kappa shape index (κ2) is 4.28. The van der Waals surface area contributed by atoms with Crippen LogP contribution in [-0.4, -0.2) is 6.54 Å². The molecule has 1 atom stereocenters. The van der Waals surface area contributed by atoms with Gasteiger partial charge < -0.3 is 5.73 Å². The minimum atomic E-state index is -0.254. The van der Waals surface area contributed by atoms with Gasteiger partial charge in [0.25, 0.3) is 0 Å². The quantitative estimate of drug-likeness (QED) is 0.806. The number of nitrogens with two attached hydrogens (primary N) is 1. The molecule has 0 aromatic heterocycles. The molecule has 0 saturated heterocycles. The lowest BCUT2D eigenvalue weighted by Gasteiger charge is -2.17. The number of rotatable bonds is 2. The summed E-state index contributed by atoms with van der Waals surface area (Å²) < 4.78 is 13.4. The molecule has 0 radical (unpaired) electrons. The van der Waals surface area contributed by atoms with E-state index in [1.165, 1.54) is 6.07 Å². The van der Waals surface area contributed by atoms with Gasteiger partial charge in [0.15, 0.2) is 0 Å². The van der Waals surface area contributed by atoms with Gasteiger partial charge >= 0.3 is 0 Å². The Bertz CT molecular complexity index is 323. The third-order valence-corrected chi connectivity index (χ3v) is 3.02. The van der Waals surface area contributed by atoms with Crippen molar-refractivity contribution in [1.82, 2.24) is 0 Å². The summed E-state index contributed by atoms with van der Waals surface area (Å²) in [5.74, 6) is -0.112. The molecule has 0 spiro atoms. The molecule has 0 aliphatic heterocycles. The van der Waals surface area contributed by atoms with Gasteiger partial charge in [-0.25, -0.2) is 4.39 Å². The summed E-state index contributed by atoms with van der Waals surface area (Å²) in [6.07, 6.45) is 0. The van der Waals surface area contributed by atoms with Crippen molar-refractivity contribution < 1.29 is 4.39 Å². The third kappa shape index (κ3) is 1.91. The van der Waals surface area contributed by atoms with Crippen LogP contribution in [0.4, 0.5) is 4.39 Å². The Morgan fingerprint density at radius 3 is 2.50 bits per heavy atom. The highest BCUT2D eigenvalue weighted by atomic mass is 35.5. The molecule has 1 aromatic carbocycles. The number of benzene rings is 1. The van der Waals surface area contributed by atoms with Crippen LogP contribution in [0.25, 0.3) is 0 Å². The van der Waals surface area contributed by atoms with E-state index in [2.05, 4.69) is 0 Å². The van der Waals surface area contributed by atoms with Gasteiger partial charge in [-0.05, 0) is 49.1 Å². The van der Waals surface area contributed by atoms with E-state index in [1.54, 1.807) is 6.92 Å². The molecule has 0 aliphatic rings. The molecule has 0 amide bonds. The second-order valence-corrected chi connectivity index (χ2v) is 4.05. The first-order valence-corrected chi connectivity index (χ1v) is 5.02. The van der Waals surface area contributed by atoms with E-state index in [0.29, 0.717) is 17.1 Å². The summed E-state index contributed by atoms with van der Waals surface area (Å²) in [6.45, 7) is 6.14. The number of hydrogen-bond donors (Lipinski definition) is 1. The Morgan fingerprint density at radius 1 is 1.43 bits per heavy atom. The van der Waals surface area contributed by atoms with Crippen LogP contribution in [0, 0.1) is 19.7 Å². The van der Waals surface area contributed by atoms with Gasteiger partial charge in [0, 0.05) is 5.02 Å². The molecule has 1 rings (SSSR count). The zero-order valence-electron chi connectivity index (χ0n) is 8.70. The summed E-state index contributed by atoms with van der Waals surface area (Å²) >= 11 is 5.91. The van der Waals surface area contributed by atoms with E-state index in [1.807, 2.05) is 13.8 Å². The molecule has 78 valence electrons. The van der Waals surface area contributed by atoms with Gasteiger partial charge in [-0.1, -0.05) is 18.5 Å². The highest BCUT2D eigenvalue weighted by Gasteiger charge is 2.15. The van der Waals surface area contributed by atoms with Crippen LogP contribution >= 0.6 is 11.6 Å². The summed E-state index contributed by atoms with van der Waals surface area (Å²) in [7, 11) is 0. The number of hydrogen-bond acceptors (Lipinski definition) is 1. The number of halogens is 2. The molecule has 0 saturated carbocycles. The monoisotopic (exact) mass is 215 g/mol. The van der Waals surface area contributed by atoms with Crippen LogP contribution in [0.15, 0.2) is 6.07 Å². The summed E-state index contributed by atoms with van der Waals surface area (Å²) in [5, 5.41) is 0.475. The van der Waals surface area contributed by atoms with Gasteiger partial charge in [-0.15, -0.1) is 0 Å². The zero-order valence-corrected chi connectivity index (χ0v) is 9.45. The molecule has 0 heterocycles. The lowest BCUT2D eigenvalue weighted by atomic mass is 9.92. The highest BCUT2D eigenvalue weighted by molar-refractivity contribution is 6.31. The maximum absolute atomic E-state index is 13.4. The van der Waals surface area contributed by atoms with Crippen molar-refractivity contribution in [2.45, 2.75) is 26.7 Å². The van der Waals surface area contributed by atoms with Crippen molar-refractivity contribution in [1.29, 1.82) is 0 Å². The van der Waals surface area contributed by atoms with Crippen LogP contribution in [0.5, 0.6) is 0 Å². The lowest BCUT2D eigenvalue weighted by Crippen LogP contribution is -2.12. The van der Waals surface area contributed by atoms with E-state index in [-0.39, 0.29) is 11.7 Å². The Morgan fingerprint density at radius 2 is 2.00 bits per heavy atom. The lowest BCUT2D eigenvalue weighted by molar-refractivity contribution is 0.609. The molecule has 14 heavy (non-hydrogen) atoms. The normalized spacial score (nSPS) is 13.0. The summed E-state index contributed by atoms with van der Waals surface area (Å²) in [4.78, 5) is 0. The largest absolute Gasteiger partial charge is 0.330 e. The molecule has 0 aliphatic carbocycles. The summed E-state index contributed by atoms with van der Waals surface area (Å²) in [6, 6.07) is 1.36. The van der Waals surface area contributed by atoms with E-state index >= 15 is 0 Å². The van der Waals surface area contributed by atoms with Crippen molar-refractivity contribution in [2.75, 3.05) is 6.54 Å². The Hall–Kier alpha value is -0.600. The van der Waals surface area contributed by atoms with E-state index < -0.39 is 0 Å². The molecular weight excluding hydrogens is 201 g/mol. The van der Waals surface area contributed by atoms with Gasteiger partial charge in [-0.3, -0.25) is 0 Å². The zero-order chi connectivity index (χ0) is 10.9. The average molecular weight is 216 g/mol. The predicted molar refractivity (Wildman–Crippen MR) is 58.4 cm³/mol. The van der Waals surface area contributed by atoms with Crippen LogP contribution < -0.4 is 5.73 Å². The summed E-state index contributed by atoms with van der Waals surface area (Å²) in [5.41, 5.74) is 8.11. The third-order valence-electron chi connectivity index (χ3n) is 2.62. The SMILES string of the molecule is Cc1c(F)cc(Cl)c(C)c1C(C)CN. The van der Waals surface area contributed by atoms with Crippen LogP contribution in [0.2, 0.25) is 5.02 Å². The molecule has 3 heteroatoms. The smallest absolute Gasteiger partial charge is 0.127 e. The molecular formula is C11H15ClFN. The van der Waals surface area contributed by atoms with Crippen molar-refractivity contribution in [3.63, 3.8) is 0 Å². The fourth-order valence-electron chi connectivity index (χ4n) is 1.72. The van der Waals surface area contributed by atoms with Gasteiger partial charge in [0.05, 0.1) is 0 Å². The van der Waals surface area contributed by atoms with E-state index in [9.17, 15) is 4.39 Å². The molecule has 0 fully saturated rings. The maximum atomic E-state index is 13.4. The second-order valence-electron chi connectivity index (χ2n) is 3.64. The molecule has 1 unspecified atom stereocenters. The minimum Gasteiger partial charge on any atom is -0.330 e.